The van der Waals surface area contributed by atoms with Gasteiger partial charge in [0.1, 0.15) is 0 Å². The first-order valence-corrected chi connectivity index (χ1v) is 6.39. The standard InChI is InChI=1S/C12H24N2O/c1-9(5-11-3-2-4-13-11)14-8-10-6-12(15)7-10/h9-15H,2-8H2,1H3. The SMILES string of the molecule is CC(CC1CCCN1)NCC1CC(O)C1. The van der Waals surface area contributed by atoms with Crippen molar-refractivity contribution in [3.8, 4) is 0 Å². The molecule has 15 heavy (non-hydrogen) atoms. The van der Waals surface area contributed by atoms with Gasteiger partial charge in [0.2, 0.25) is 0 Å². The average Bonchev–Trinajstić information content (AvgIpc) is 2.63. The van der Waals surface area contributed by atoms with Crippen LogP contribution < -0.4 is 10.6 Å². The van der Waals surface area contributed by atoms with Gasteiger partial charge in [-0.1, -0.05) is 0 Å². The van der Waals surface area contributed by atoms with Crippen molar-refractivity contribution in [3.63, 3.8) is 0 Å². The van der Waals surface area contributed by atoms with Crippen molar-refractivity contribution < 1.29 is 5.11 Å². The largest absolute Gasteiger partial charge is 0.393 e. The summed E-state index contributed by atoms with van der Waals surface area (Å²) in [5, 5.41) is 16.3. The van der Waals surface area contributed by atoms with Crippen molar-refractivity contribution in [2.24, 2.45) is 5.92 Å². The second kappa shape index (κ2) is 5.28. The molecule has 0 aromatic heterocycles. The van der Waals surface area contributed by atoms with Crippen LogP contribution in [0.1, 0.15) is 39.0 Å². The van der Waals surface area contributed by atoms with Crippen molar-refractivity contribution in [1.29, 1.82) is 0 Å². The maximum atomic E-state index is 9.18. The fraction of sp³-hybridized carbons (Fsp3) is 1.00. The molecular formula is C12H24N2O. The minimum atomic E-state index is -0.0106. The zero-order chi connectivity index (χ0) is 10.7. The number of hydrogen-bond donors (Lipinski definition) is 3. The maximum Gasteiger partial charge on any atom is 0.0546 e. The Hall–Kier alpha value is -0.120. The molecule has 1 saturated carbocycles. The van der Waals surface area contributed by atoms with Crippen LogP contribution in [-0.4, -0.2) is 36.4 Å². The smallest absolute Gasteiger partial charge is 0.0546 e. The van der Waals surface area contributed by atoms with E-state index in [0.29, 0.717) is 6.04 Å². The highest BCUT2D eigenvalue weighted by molar-refractivity contribution is 4.83. The Morgan fingerprint density at radius 1 is 1.47 bits per heavy atom. The highest BCUT2D eigenvalue weighted by Gasteiger charge is 2.27. The van der Waals surface area contributed by atoms with Gasteiger partial charge in [0.05, 0.1) is 6.10 Å². The molecule has 88 valence electrons. The monoisotopic (exact) mass is 212 g/mol. The Morgan fingerprint density at radius 3 is 2.87 bits per heavy atom. The van der Waals surface area contributed by atoms with Crippen molar-refractivity contribution in [2.45, 2.75) is 57.2 Å². The average molecular weight is 212 g/mol. The first-order chi connectivity index (χ1) is 7.24. The molecule has 3 nitrogen and oxygen atoms in total. The van der Waals surface area contributed by atoms with Crippen molar-refractivity contribution in [3.05, 3.63) is 0 Å². The van der Waals surface area contributed by atoms with Crippen molar-refractivity contribution in [1.82, 2.24) is 10.6 Å². The molecule has 2 aliphatic rings. The second-order valence-electron chi connectivity index (χ2n) is 5.33. The highest BCUT2D eigenvalue weighted by atomic mass is 16.3. The lowest BCUT2D eigenvalue weighted by molar-refractivity contribution is 0.0418. The van der Waals surface area contributed by atoms with E-state index in [1.54, 1.807) is 0 Å². The van der Waals surface area contributed by atoms with Crippen LogP contribution in [0.3, 0.4) is 0 Å². The number of hydrogen-bond acceptors (Lipinski definition) is 3. The van der Waals surface area contributed by atoms with Gasteiger partial charge >= 0.3 is 0 Å². The molecule has 2 fully saturated rings. The Balaban J connectivity index is 1.54. The van der Waals surface area contributed by atoms with Crippen LogP contribution in [0.2, 0.25) is 0 Å². The number of aliphatic hydroxyl groups is 1. The molecule has 1 aliphatic carbocycles. The van der Waals surface area contributed by atoms with Crippen molar-refractivity contribution in [2.75, 3.05) is 13.1 Å². The molecule has 0 aromatic carbocycles. The van der Waals surface area contributed by atoms with E-state index in [1.165, 1.54) is 25.8 Å². The summed E-state index contributed by atoms with van der Waals surface area (Å²) in [6, 6.07) is 1.35. The number of rotatable bonds is 5. The van der Waals surface area contributed by atoms with Crippen LogP contribution >= 0.6 is 0 Å². The Kier molecular flexibility index (Phi) is 4.00. The third-order valence-corrected chi connectivity index (χ3v) is 3.77. The van der Waals surface area contributed by atoms with Gasteiger partial charge in [-0.2, -0.15) is 0 Å². The molecule has 1 saturated heterocycles. The van der Waals surface area contributed by atoms with Crippen LogP contribution in [0.4, 0.5) is 0 Å². The summed E-state index contributed by atoms with van der Waals surface area (Å²) in [5.74, 6) is 0.721. The molecule has 0 aromatic rings. The van der Waals surface area contributed by atoms with Gasteiger partial charge in [-0.15, -0.1) is 0 Å². The zero-order valence-corrected chi connectivity index (χ0v) is 9.71. The molecular weight excluding hydrogens is 188 g/mol. The van der Waals surface area contributed by atoms with Crippen LogP contribution in [-0.2, 0) is 0 Å². The fourth-order valence-electron chi connectivity index (χ4n) is 2.70. The Bertz CT molecular complexity index is 186. The molecule has 1 aliphatic heterocycles. The molecule has 0 bridgehead atoms. The summed E-state index contributed by atoms with van der Waals surface area (Å²) >= 11 is 0. The summed E-state index contributed by atoms with van der Waals surface area (Å²) in [6.45, 7) is 4.56. The lowest BCUT2D eigenvalue weighted by Crippen LogP contribution is -2.41. The molecule has 0 radical (unpaired) electrons. The highest BCUT2D eigenvalue weighted by Crippen LogP contribution is 2.26. The van der Waals surface area contributed by atoms with Crippen LogP contribution in [0, 0.1) is 5.92 Å². The number of nitrogens with one attached hydrogen (secondary N) is 2. The Morgan fingerprint density at radius 2 is 2.27 bits per heavy atom. The quantitative estimate of drug-likeness (QED) is 0.634. The lowest BCUT2D eigenvalue weighted by Gasteiger charge is -2.32. The lowest BCUT2D eigenvalue weighted by atomic mass is 9.82. The molecule has 0 amide bonds. The van der Waals surface area contributed by atoms with E-state index < -0.39 is 0 Å². The van der Waals surface area contributed by atoms with Gasteiger partial charge in [0.15, 0.2) is 0 Å². The predicted molar refractivity (Wildman–Crippen MR) is 61.8 cm³/mol. The topological polar surface area (TPSA) is 44.3 Å². The summed E-state index contributed by atoms with van der Waals surface area (Å²) in [4.78, 5) is 0. The summed E-state index contributed by atoms with van der Waals surface area (Å²) < 4.78 is 0. The molecule has 2 rings (SSSR count). The van der Waals surface area contributed by atoms with Gasteiger partial charge in [-0.25, -0.2) is 0 Å². The zero-order valence-electron chi connectivity index (χ0n) is 9.71. The van der Waals surface area contributed by atoms with Gasteiger partial charge in [-0.05, 0) is 58.0 Å². The minimum Gasteiger partial charge on any atom is -0.393 e. The summed E-state index contributed by atoms with van der Waals surface area (Å²) in [5.41, 5.74) is 0. The van der Waals surface area contributed by atoms with Gasteiger partial charge in [0.25, 0.3) is 0 Å². The molecule has 3 N–H and O–H groups in total. The summed E-state index contributed by atoms with van der Waals surface area (Å²) in [6.07, 6.45) is 5.92. The minimum absolute atomic E-state index is 0.0106. The number of aliphatic hydroxyl groups excluding tert-OH is 1. The molecule has 2 atom stereocenters. The van der Waals surface area contributed by atoms with E-state index in [0.717, 1.165) is 31.3 Å². The third-order valence-electron chi connectivity index (χ3n) is 3.77. The van der Waals surface area contributed by atoms with Crippen LogP contribution in [0.25, 0.3) is 0 Å². The molecule has 2 unspecified atom stereocenters. The van der Waals surface area contributed by atoms with E-state index in [9.17, 15) is 5.11 Å². The first-order valence-electron chi connectivity index (χ1n) is 6.39. The van der Waals surface area contributed by atoms with E-state index >= 15 is 0 Å². The van der Waals surface area contributed by atoms with E-state index in [2.05, 4.69) is 17.6 Å². The molecule has 0 spiro atoms. The van der Waals surface area contributed by atoms with Gasteiger partial charge < -0.3 is 15.7 Å². The Labute approximate surface area is 92.6 Å². The van der Waals surface area contributed by atoms with Crippen molar-refractivity contribution >= 4 is 0 Å². The second-order valence-corrected chi connectivity index (χ2v) is 5.33. The van der Waals surface area contributed by atoms with E-state index in [4.69, 9.17) is 0 Å². The normalized spacial score (nSPS) is 37.6. The predicted octanol–water partition coefficient (Wildman–Crippen LogP) is 0.877. The van der Waals surface area contributed by atoms with Crippen LogP contribution in [0.15, 0.2) is 0 Å². The third kappa shape index (κ3) is 3.44. The fourth-order valence-corrected chi connectivity index (χ4v) is 2.70. The van der Waals surface area contributed by atoms with Gasteiger partial charge in [0, 0.05) is 12.1 Å². The van der Waals surface area contributed by atoms with E-state index in [-0.39, 0.29) is 6.10 Å². The molecule has 1 heterocycles. The first kappa shape index (κ1) is 11.4. The summed E-state index contributed by atoms with van der Waals surface area (Å²) in [7, 11) is 0. The molecule has 3 heteroatoms. The maximum absolute atomic E-state index is 9.18. The van der Waals surface area contributed by atoms with E-state index in [1.807, 2.05) is 0 Å². The van der Waals surface area contributed by atoms with Gasteiger partial charge in [-0.3, -0.25) is 0 Å². The van der Waals surface area contributed by atoms with Crippen LogP contribution in [0.5, 0.6) is 0 Å².